The van der Waals surface area contributed by atoms with Crippen LogP contribution in [0.2, 0.25) is 5.02 Å². The molecule has 1 heterocycles. The number of aromatic nitrogens is 2. The predicted octanol–water partition coefficient (Wildman–Crippen LogP) is 2.60. The number of hydrogen-bond donors (Lipinski definition) is 1. The van der Waals surface area contributed by atoms with E-state index in [0.29, 0.717) is 10.7 Å². The first-order valence-electron chi connectivity index (χ1n) is 5.12. The largest absolute Gasteiger partial charge is 0.382 e. The summed E-state index contributed by atoms with van der Waals surface area (Å²) in [5, 5.41) is 10.5. The van der Waals surface area contributed by atoms with Crippen molar-refractivity contribution in [2.75, 3.05) is 0 Å². The van der Waals surface area contributed by atoms with Crippen molar-refractivity contribution in [3.63, 3.8) is 0 Å². The molecule has 0 aliphatic carbocycles. The maximum atomic E-state index is 13.6. The summed E-state index contributed by atoms with van der Waals surface area (Å²) in [7, 11) is 1.77. The van der Waals surface area contributed by atoms with Gasteiger partial charge in [-0.2, -0.15) is 0 Å². The number of nitrogens with zero attached hydrogens (tertiary/aromatic N) is 2. The van der Waals surface area contributed by atoms with Gasteiger partial charge in [0, 0.05) is 17.6 Å². The molecule has 3 nitrogen and oxygen atoms in total. The van der Waals surface area contributed by atoms with Crippen LogP contribution in [0.15, 0.2) is 24.4 Å². The van der Waals surface area contributed by atoms with Crippen LogP contribution in [0.25, 0.3) is 0 Å². The lowest BCUT2D eigenvalue weighted by atomic mass is 10.1. The van der Waals surface area contributed by atoms with Gasteiger partial charge in [-0.05, 0) is 25.1 Å². The standard InChI is InChI=1S/C12H12ClFN2O/c1-7-15-6-11(16(7)2)12(17)9-5-8(13)3-4-10(9)14/h3-6,12,17H,1-2H3. The summed E-state index contributed by atoms with van der Waals surface area (Å²) in [5.41, 5.74) is 0.684. The van der Waals surface area contributed by atoms with Gasteiger partial charge in [-0.3, -0.25) is 0 Å². The maximum Gasteiger partial charge on any atom is 0.129 e. The van der Waals surface area contributed by atoms with E-state index in [1.54, 1.807) is 11.6 Å². The Kier molecular flexibility index (Phi) is 3.17. The molecule has 1 aromatic carbocycles. The van der Waals surface area contributed by atoms with E-state index in [-0.39, 0.29) is 5.56 Å². The Bertz CT molecular complexity index is 553. The molecule has 2 rings (SSSR count). The van der Waals surface area contributed by atoms with Crippen molar-refractivity contribution < 1.29 is 9.50 Å². The van der Waals surface area contributed by atoms with Crippen molar-refractivity contribution in [3.8, 4) is 0 Å². The fourth-order valence-electron chi connectivity index (χ4n) is 1.66. The fraction of sp³-hybridized carbons (Fsp3) is 0.250. The van der Waals surface area contributed by atoms with Crippen molar-refractivity contribution in [1.29, 1.82) is 0 Å². The van der Waals surface area contributed by atoms with Gasteiger partial charge in [0.2, 0.25) is 0 Å². The van der Waals surface area contributed by atoms with Crippen LogP contribution >= 0.6 is 11.6 Å². The molecule has 0 saturated carbocycles. The minimum Gasteiger partial charge on any atom is -0.382 e. The van der Waals surface area contributed by atoms with E-state index in [0.717, 1.165) is 5.82 Å². The Labute approximate surface area is 103 Å². The molecule has 1 atom stereocenters. The van der Waals surface area contributed by atoms with Crippen molar-refractivity contribution >= 4 is 11.6 Å². The molecule has 17 heavy (non-hydrogen) atoms. The van der Waals surface area contributed by atoms with Gasteiger partial charge in [-0.25, -0.2) is 9.37 Å². The molecule has 5 heteroatoms. The summed E-state index contributed by atoms with van der Waals surface area (Å²) < 4.78 is 15.3. The van der Waals surface area contributed by atoms with Gasteiger partial charge in [-0.15, -0.1) is 0 Å². The number of rotatable bonds is 2. The van der Waals surface area contributed by atoms with Crippen molar-refractivity contribution in [2.45, 2.75) is 13.0 Å². The summed E-state index contributed by atoms with van der Waals surface area (Å²) in [6.45, 7) is 1.81. The molecule has 0 aliphatic rings. The molecule has 0 spiro atoms. The average molecular weight is 255 g/mol. The summed E-state index contributed by atoms with van der Waals surface area (Å²) in [6, 6.07) is 4.11. The number of hydrogen-bond acceptors (Lipinski definition) is 2. The highest BCUT2D eigenvalue weighted by Gasteiger charge is 2.19. The zero-order valence-electron chi connectivity index (χ0n) is 9.48. The molecule has 0 amide bonds. The van der Waals surface area contributed by atoms with E-state index in [4.69, 9.17) is 11.6 Å². The summed E-state index contributed by atoms with van der Waals surface area (Å²) in [4.78, 5) is 4.06. The van der Waals surface area contributed by atoms with Crippen molar-refractivity contribution in [1.82, 2.24) is 9.55 Å². The highest BCUT2D eigenvalue weighted by molar-refractivity contribution is 6.30. The predicted molar refractivity (Wildman–Crippen MR) is 63.4 cm³/mol. The fourth-order valence-corrected chi connectivity index (χ4v) is 1.84. The number of aryl methyl sites for hydroxylation is 1. The monoisotopic (exact) mass is 254 g/mol. The molecule has 0 aliphatic heterocycles. The van der Waals surface area contributed by atoms with Crippen LogP contribution in [0, 0.1) is 12.7 Å². The second-order valence-electron chi connectivity index (χ2n) is 3.86. The second-order valence-corrected chi connectivity index (χ2v) is 4.29. The normalized spacial score (nSPS) is 12.8. The molecule has 2 aromatic rings. The Morgan fingerprint density at radius 1 is 1.47 bits per heavy atom. The van der Waals surface area contributed by atoms with Crippen LogP contribution in [-0.2, 0) is 7.05 Å². The molecule has 0 saturated heterocycles. The second kappa shape index (κ2) is 4.47. The molecule has 90 valence electrons. The number of aliphatic hydroxyl groups is 1. The van der Waals surface area contributed by atoms with Gasteiger partial charge >= 0.3 is 0 Å². The van der Waals surface area contributed by atoms with Gasteiger partial charge in [0.05, 0.1) is 11.9 Å². The Hall–Kier alpha value is -1.39. The van der Waals surface area contributed by atoms with Crippen LogP contribution in [0.4, 0.5) is 4.39 Å². The lowest BCUT2D eigenvalue weighted by Crippen LogP contribution is -2.08. The van der Waals surface area contributed by atoms with E-state index >= 15 is 0 Å². The molecule has 0 radical (unpaired) electrons. The first-order chi connectivity index (χ1) is 8.00. The minimum atomic E-state index is -1.07. The first kappa shape index (κ1) is 12.1. The first-order valence-corrected chi connectivity index (χ1v) is 5.49. The van der Waals surface area contributed by atoms with E-state index in [1.807, 2.05) is 6.92 Å². The molecule has 0 fully saturated rings. The zero-order valence-corrected chi connectivity index (χ0v) is 10.2. The lowest BCUT2D eigenvalue weighted by Gasteiger charge is -2.13. The van der Waals surface area contributed by atoms with Crippen molar-refractivity contribution in [2.24, 2.45) is 7.05 Å². The number of benzene rings is 1. The summed E-state index contributed by atoms with van der Waals surface area (Å²) in [5.74, 6) is 0.266. The smallest absolute Gasteiger partial charge is 0.129 e. The number of halogens is 2. The molecule has 1 unspecified atom stereocenters. The van der Waals surface area contributed by atoms with Gasteiger partial charge in [-0.1, -0.05) is 11.6 Å². The highest BCUT2D eigenvalue weighted by Crippen LogP contribution is 2.26. The molecule has 0 bridgehead atoms. The quantitative estimate of drug-likeness (QED) is 0.895. The van der Waals surface area contributed by atoms with Gasteiger partial charge in [0.15, 0.2) is 0 Å². The van der Waals surface area contributed by atoms with Gasteiger partial charge in [0.1, 0.15) is 17.7 Å². The minimum absolute atomic E-state index is 0.153. The van der Waals surface area contributed by atoms with Crippen molar-refractivity contribution in [3.05, 3.63) is 52.3 Å². The van der Waals surface area contributed by atoms with Gasteiger partial charge in [0.25, 0.3) is 0 Å². The van der Waals surface area contributed by atoms with Crippen LogP contribution in [0.1, 0.15) is 23.2 Å². The molecular weight excluding hydrogens is 243 g/mol. The SMILES string of the molecule is Cc1ncc(C(O)c2cc(Cl)ccc2F)n1C. The average Bonchev–Trinajstić information content (AvgIpc) is 2.62. The number of imidazole rings is 1. The van der Waals surface area contributed by atoms with E-state index in [9.17, 15) is 9.50 Å². The Morgan fingerprint density at radius 3 is 2.76 bits per heavy atom. The van der Waals surface area contributed by atoms with Crippen LogP contribution < -0.4 is 0 Å². The third-order valence-corrected chi connectivity index (χ3v) is 3.02. The zero-order chi connectivity index (χ0) is 12.6. The molecule has 1 N–H and O–H groups in total. The lowest BCUT2D eigenvalue weighted by molar-refractivity contribution is 0.206. The van der Waals surface area contributed by atoms with Crippen LogP contribution in [0.3, 0.4) is 0 Å². The molecule has 1 aromatic heterocycles. The maximum absolute atomic E-state index is 13.6. The highest BCUT2D eigenvalue weighted by atomic mass is 35.5. The van der Waals surface area contributed by atoms with E-state index in [1.165, 1.54) is 24.4 Å². The summed E-state index contributed by atoms with van der Waals surface area (Å²) in [6.07, 6.45) is 0.459. The number of aliphatic hydroxyl groups excluding tert-OH is 1. The molecular formula is C12H12ClFN2O. The summed E-state index contributed by atoms with van der Waals surface area (Å²) >= 11 is 5.79. The van der Waals surface area contributed by atoms with Crippen LogP contribution in [-0.4, -0.2) is 14.7 Å². The third-order valence-electron chi connectivity index (χ3n) is 2.79. The van der Waals surface area contributed by atoms with E-state index in [2.05, 4.69) is 4.98 Å². The van der Waals surface area contributed by atoms with Gasteiger partial charge < -0.3 is 9.67 Å². The Balaban J connectivity index is 2.47. The van der Waals surface area contributed by atoms with Crippen LogP contribution in [0.5, 0.6) is 0 Å². The Morgan fingerprint density at radius 2 is 2.18 bits per heavy atom. The topological polar surface area (TPSA) is 38.1 Å². The van der Waals surface area contributed by atoms with E-state index < -0.39 is 11.9 Å². The third kappa shape index (κ3) is 2.18.